The second-order valence-electron chi connectivity index (χ2n) is 6.68. The fourth-order valence-electron chi connectivity index (χ4n) is 3.20. The first kappa shape index (κ1) is 20.1. The number of methoxy groups -OCH3 is 1. The lowest BCUT2D eigenvalue weighted by molar-refractivity contribution is -0.144. The minimum absolute atomic E-state index is 0.0522. The van der Waals surface area contributed by atoms with Gasteiger partial charge in [0, 0.05) is 44.4 Å². The number of hydrogen-bond donors (Lipinski definition) is 1. The molecular weight excluding hydrogens is 380 g/mol. The maximum absolute atomic E-state index is 12.4. The Kier molecular flexibility index (Phi) is 6.45. The molecule has 2 amide bonds. The van der Waals surface area contributed by atoms with Crippen LogP contribution in [0.3, 0.4) is 0 Å². The van der Waals surface area contributed by atoms with Gasteiger partial charge >= 0.3 is 5.97 Å². The Morgan fingerprint density at radius 3 is 2.61 bits per heavy atom. The van der Waals surface area contributed by atoms with Crippen LogP contribution < -0.4 is 10.2 Å². The summed E-state index contributed by atoms with van der Waals surface area (Å²) in [6.07, 6.45) is 0.177. The van der Waals surface area contributed by atoms with Gasteiger partial charge in [-0.15, -0.1) is 0 Å². The standard InChI is InChI=1S/C19H24N4O4S/c1-13(19(26)27-2)20-16(24)7-8-17(25)22-9-11-23(12-10-22)18-14-5-3-4-6-15(14)28-21-18/h3-6,13H,7-12H2,1-2H3,(H,20,24)/t13-/m0/s1. The third kappa shape index (κ3) is 4.59. The van der Waals surface area contributed by atoms with Crippen LogP contribution in [0.2, 0.25) is 0 Å². The molecule has 0 radical (unpaired) electrons. The molecule has 1 saturated heterocycles. The number of piperazine rings is 1. The van der Waals surface area contributed by atoms with Crippen molar-refractivity contribution < 1.29 is 19.1 Å². The number of ether oxygens (including phenoxy) is 1. The Bertz CT molecular complexity index is 860. The highest BCUT2D eigenvalue weighted by molar-refractivity contribution is 7.13. The number of esters is 1. The molecule has 1 aromatic heterocycles. The third-order valence-corrected chi connectivity index (χ3v) is 5.61. The van der Waals surface area contributed by atoms with E-state index < -0.39 is 12.0 Å². The van der Waals surface area contributed by atoms with Crippen molar-refractivity contribution >= 4 is 45.2 Å². The largest absolute Gasteiger partial charge is 0.467 e. The molecule has 9 heteroatoms. The summed E-state index contributed by atoms with van der Waals surface area (Å²) in [4.78, 5) is 39.6. The maximum Gasteiger partial charge on any atom is 0.328 e. The van der Waals surface area contributed by atoms with Gasteiger partial charge < -0.3 is 19.9 Å². The van der Waals surface area contributed by atoms with E-state index in [1.165, 1.54) is 18.6 Å². The van der Waals surface area contributed by atoms with Crippen LogP contribution in [-0.4, -0.2) is 66.4 Å². The summed E-state index contributed by atoms with van der Waals surface area (Å²) in [5, 5.41) is 3.67. The average Bonchev–Trinajstić information content (AvgIpc) is 3.15. The van der Waals surface area contributed by atoms with Crippen LogP contribution >= 0.6 is 11.5 Å². The van der Waals surface area contributed by atoms with E-state index in [0.29, 0.717) is 26.2 Å². The lowest BCUT2D eigenvalue weighted by Crippen LogP contribution is -2.49. The fraction of sp³-hybridized carbons (Fsp3) is 0.474. The van der Waals surface area contributed by atoms with E-state index in [1.54, 1.807) is 11.8 Å². The lowest BCUT2D eigenvalue weighted by Gasteiger charge is -2.35. The van der Waals surface area contributed by atoms with Crippen LogP contribution in [0.5, 0.6) is 0 Å². The number of anilines is 1. The van der Waals surface area contributed by atoms with Crippen molar-refractivity contribution in [2.75, 3.05) is 38.2 Å². The van der Waals surface area contributed by atoms with Gasteiger partial charge in [-0.1, -0.05) is 12.1 Å². The minimum atomic E-state index is -0.718. The molecule has 3 rings (SSSR count). The Morgan fingerprint density at radius 2 is 1.89 bits per heavy atom. The molecule has 2 heterocycles. The first-order chi connectivity index (χ1) is 13.5. The van der Waals surface area contributed by atoms with Crippen molar-refractivity contribution in [2.45, 2.75) is 25.8 Å². The van der Waals surface area contributed by atoms with E-state index in [1.807, 2.05) is 12.1 Å². The molecule has 1 atom stereocenters. The predicted octanol–water partition coefficient (Wildman–Crippen LogP) is 1.40. The first-order valence-electron chi connectivity index (χ1n) is 9.24. The molecule has 150 valence electrons. The van der Waals surface area contributed by atoms with Gasteiger partial charge in [0.05, 0.1) is 11.8 Å². The predicted molar refractivity (Wildman–Crippen MR) is 107 cm³/mol. The molecule has 28 heavy (non-hydrogen) atoms. The summed E-state index contributed by atoms with van der Waals surface area (Å²) in [5.41, 5.74) is 0. The number of carbonyl (C=O) groups is 3. The Hall–Kier alpha value is -2.68. The zero-order valence-corrected chi connectivity index (χ0v) is 16.8. The van der Waals surface area contributed by atoms with Gasteiger partial charge in [0.2, 0.25) is 11.8 Å². The monoisotopic (exact) mass is 404 g/mol. The zero-order valence-electron chi connectivity index (χ0n) is 16.0. The van der Waals surface area contributed by atoms with Crippen LogP contribution in [-0.2, 0) is 19.1 Å². The highest BCUT2D eigenvalue weighted by Gasteiger charge is 2.24. The number of benzene rings is 1. The van der Waals surface area contributed by atoms with E-state index >= 15 is 0 Å². The molecule has 0 spiro atoms. The van der Waals surface area contributed by atoms with Gasteiger partial charge in [-0.2, -0.15) is 4.37 Å². The van der Waals surface area contributed by atoms with Gasteiger partial charge in [-0.25, -0.2) is 4.79 Å². The van der Waals surface area contributed by atoms with Gasteiger partial charge in [-0.05, 0) is 30.6 Å². The number of amides is 2. The molecule has 1 aliphatic rings. The van der Waals surface area contributed by atoms with Gasteiger partial charge in [0.25, 0.3) is 0 Å². The number of nitrogens with one attached hydrogen (secondary N) is 1. The number of fused-ring (bicyclic) bond motifs is 1. The fourth-order valence-corrected chi connectivity index (χ4v) is 3.99. The topological polar surface area (TPSA) is 91.8 Å². The van der Waals surface area contributed by atoms with Crippen molar-refractivity contribution in [3.05, 3.63) is 24.3 Å². The van der Waals surface area contributed by atoms with Crippen molar-refractivity contribution in [3.63, 3.8) is 0 Å². The van der Waals surface area contributed by atoms with Crippen molar-refractivity contribution in [3.8, 4) is 0 Å². The minimum Gasteiger partial charge on any atom is -0.467 e. The molecule has 0 bridgehead atoms. The molecule has 8 nitrogen and oxygen atoms in total. The summed E-state index contributed by atoms with van der Waals surface area (Å²) in [6.45, 7) is 4.18. The van der Waals surface area contributed by atoms with E-state index in [-0.39, 0.29) is 24.7 Å². The summed E-state index contributed by atoms with van der Waals surface area (Å²) >= 11 is 1.48. The second-order valence-corrected chi connectivity index (χ2v) is 7.49. The van der Waals surface area contributed by atoms with Crippen molar-refractivity contribution in [1.82, 2.24) is 14.6 Å². The van der Waals surface area contributed by atoms with E-state index in [2.05, 4.69) is 31.5 Å². The normalized spacial score (nSPS) is 15.4. The second kappa shape index (κ2) is 9.01. The Morgan fingerprint density at radius 1 is 1.18 bits per heavy atom. The Labute approximate surface area is 167 Å². The number of carbonyl (C=O) groups excluding carboxylic acids is 3. The van der Waals surface area contributed by atoms with Gasteiger partial charge in [0.15, 0.2) is 0 Å². The van der Waals surface area contributed by atoms with Crippen LogP contribution in [0.1, 0.15) is 19.8 Å². The number of nitrogens with zero attached hydrogens (tertiary/aromatic N) is 3. The SMILES string of the molecule is COC(=O)[C@H](C)NC(=O)CCC(=O)N1CCN(c2nsc3ccccc23)CC1. The molecule has 0 unspecified atom stereocenters. The number of hydrogen-bond acceptors (Lipinski definition) is 7. The zero-order chi connectivity index (χ0) is 20.1. The smallest absolute Gasteiger partial charge is 0.328 e. The average molecular weight is 404 g/mol. The molecular formula is C19H24N4O4S. The molecule has 1 aromatic carbocycles. The quantitative estimate of drug-likeness (QED) is 0.732. The molecule has 1 fully saturated rings. The Balaban J connectivity index is 1.46. The van der Waals surface area contributed by atoms with Crippen molar-refractivity contribution in [2.24, 2.45) is 0 Å². The summed E-state index contributed by atoms with van der Waals surface area (Å²) < 4.78 is 10.3. The number of rotatable bonds is 6. The van der Waals surface area contributed by atoms with Crippen LogP contribution in [0.25, 0.3) is 10.1 Å². The summed E-state index contributed by atoms with van der Waals surface area (Å²) in [7, 11) is 1.27. The van der Waals surface area contributed by atoms with E-state index in [0.717, 1.165) is 15.9 Å². The van der Waals surface area contributed by atoms with E-state index in [4.69, 9.17) is 0 Å². The molecule has 2 aromatic rings. The summed E-state index contributed by atoms with van der Waals surface area (Å²) in [5.74, 6) is 0.0803. The first-order valence-corrected chi connectivity index (χ1v) is 10.0. The van der Waals surface area contributed by atoms with Crippen LogP contribution in [0.4, 0.5) is 5.82 Å². The molecule has 0 aliphatic carbocycles. The van der Waals surface area contributed by atoms with Gasteiger partial charge in [-0.3, -0.25) is 9.59 Å². The van der Waals surface area contributed by atoms with Gasteiger partial charge in [0.1, 0.15) is 11.9 Å². The van der Waals surface area contributed by atoms with E-state index in [9.17, 15) is 14.4 Å². The number of aromatic nitrogens is 1. The third-order valence-electron chi connectivity index (χ3n) is 4.79. The maximum atomic E-state index is 12.4. The lowest BCUT2D eigenvalue weighted by atomic mass is 10.2. The van der Waals surface area contributed by atoms with Crippen molar-refractivity contribution in [1.29, 1.82) is 0 Å². The highest BCUT2D eigenvalue weighted by Crippen LogP contribution is 2.29. The molecule has 1 aliphatic heterocycles. The van der Waals surface area contributed by atoms with Crippen LogP contribution in [0, 0.1) is 0 Å². The van der Waals surface area contributed by atoms with Crippen LogP contribution in [0.15, 0.2) is 24.3 Å². The summed E-state index contributed by atoms with van der Waals surface area (Å²) in [6, 6.07) is 7.42. The molecule has 0 saturated carbocycles. The molecule has 1 N–H and O–H groups in total. The highest BCUT2D eigenvalue weighted by atomic mass is 32.1.